The number of rotatable bonds is 0. The van der Waals surface area contributed by atoms with Gasteiger partial charge in [0.2, 0.25) is 0 Å². The second kappa shape index (κ2) is 9.90. The lowest BCUT2D eigenvalue weighted by Gasteiger charge is -2.62. The van der Waals surface area contributed by atoms with Crippen LogP contribution in [-0.2, 0) is 0 Å². The quantitative estimate of drug-likeness (QED) is 0.416. The first-order valence-corrected chi connectivity index (χ1v) is 13.6. The summed E-state index contributed by atoms with van der Waals surface area (Å²) in [4.78, 5) is 5.93. The number of piperidine rings is 2. The van der Waals surface area contributed by atoms with Crippen molar-refractivity contribution in [2.75, 3.05) is 32.7 Å². The summed E-state index contributed by atoms with van der Waals surface area (Å²) in [5.41, 5.74) is 2.41. The molecule has 4 fully saturated rings. The van der Waals surface area contributed by atoms with E-state index in [1.807, 2.05) is 5.57 Å². The van der Waals surface area contributed by atoms with Crippen molar-refractivity contribution in [1.82, 2.24) is 9.80 Å². The van der Waals surface area contributed by atoms with Crippen molar-refractivity contribution in [3.63, 3.8) is 0 Å². The highest BCUT2D eigenvalue weighted by Crippen LogP contribution is 2.55. The molecule has 0 aromatic carbocycles. The molecule has 0 aromatic rings. The number of allylic oxidation sites excluding steroid dienone is 3. The van der Waals surface area contributed by atoms with E-state index < -0.39 is 0 Å². The van der Waals surface area contributed by atoms with E-state index >= 15 is 0 Å². The molecule has 5 aliphatic rings. The van der Waals surface area contributed by atoms with E-state index in [1.54, 1.807) is 0 Å². The molecule has 0 N–H and O–H groups in total. The van der Waals surface area contributed by atoms with Crippen molar-refractivity contribution in [3.05, 3.63) is 23.8 Å². The van der Waals surface area contributed by atoms with Crippen molar-refractivity contribution in [3.8, 4) is 0 Å². The molecule has 0 radical (unpaired) electrons. The largest absolute Gasteiger partial charge is 0.302 e. The van der Waals surface area contributed by atoms with Crippen LogP contribution >= 0.6 is 0 Å². The summed E-state index contributed by atoms with van der Waals surface area (Å²) in [6.07, 6.45) is 28.9. The summed E-state index contributed by atoms with van der Waals surface area (Å²) in [6.45, 7) is 6.93. The van der Waals surface area contributed by atoms with Crippen LogP contribution in [0.25, 0.3) is 0 Å². The van der Waals surface area contributed by atoms with E-state index in [4.69, 9.17) is 0 Å². The fourth-order valence-corrected chi connectivity index (χ4v) is 7.98. The molecule has 2 unspecified atom stereocenters. The van der Waals surface area contributed by atoms with Gasteiger partial charge in [-0.3, -0.25) is 4.90 Å². The van der Waals surface area contributed by atoms with E-state index in [2.05, 4.69) is 28.0 Å². The standard InChI is InChI=1S/C28H46N2/c1-2-5-9-13-17-29-21-25-19-24-15-11-7-3-6-10-14-18-30-23-28(22-29,16-12-8-4-1)26(25)20-27(24)30/h3,7,15,25-27H,1-2,4-6,8-14,16-23H2/b7-3-,24-15-/t25-,26-,27-,28?/m1/s1. The van der Waals surface area contributed by atoms with Gasteiger partial charge < -0.3 is 4.90 Å². The zero-order chi connectivity index (χ0) is 20.2. The average Bonchev–Trinajstić information content (AvgIpc) is 2.78. The van der Waals surface area contributed by atoms with E-state index in [0.717, 1.165) is 17.9 Å². The van der Waals surface area contributed by atoms with Crippen LogP contribution in [0.3, 0.4) is 0 Å². The molecule has 2 nitrogen and oxygen atoms in total. The Morgan fingerprint density at radius 2 is 1.60 bits per heavy atom. The third-order valence-corrected chi connectivity index (χ3v) is 9.40. The van der Waals surface area contributed by atoms with Crippen LogP contribution in [0.5, 0.6) is 0 Å². The number of fused-ring (bicyclic) bond motifs is 1. The van der Waals surface area contributed by atoms with Crippen LogP contribution in [0.15, 0.2) is 23.8 Å². The van der Waals surface area contributed by atoms with Crippen molar-refractivity contribution in [1.29, 1.82) is 0 Å². The molecule has 5 atom stereocenters. The van der Waals surface area contributed by atoms with Crippen molar-refractivity contribution < 1.29 is 0 Å². The predicted octanol–water partition coefficient (Wildman–Crippen LogP) is 6.58. The van der Waals surface area contributed by atoms with Crippen LogP contribution < -0.4 is 0 Å². The maximum atomic E-state index is 2.99. The number of hydrogen-bond donors (Lipinski definition) is 0. The number of hydrogen-bond acceptors (Lipinski definition) is 2. The van der Waals surface area contributed by atoms with Crippen LogP contribution in [0.2, 0.25) is 0 Å². The fraction of sp³-hybridized carbons (Fsp3) is 0.857. The lowest BCUT2D eigenvalue weighted by molar-refractivity contribution is -0.109. The smallest absolute Gasteiger partial charge is 0.0310 e. The minimum absolute atomic E-state index is 0.595. The average molecular weight is 411 g/mol. The summed E-state index contributed by atoms with van der Waals surface area (Å²) in [6, 6.07) is 0.777. The summed E-state index contributed by atoms with van der Waals surface area (Å²) in [5.74, 6) is 1.93. The summed E-state index contributed by atoms with van der Waals surface area (Å²) in [5, 5.41) is 0. The molecular formula is C28H46N2. The summed E-state index contributed by atoms with van der Waals surface area (Å²) < 4.78 is 0. The van der Waals surface area contributed by atoms with Gasteiger partial charge in [0.05, 0.1) is 0 Å². The fourth-order valence-electron chi connectivity index (χ4n) is 7.98. The van der Waals surface area contributed by atoms with Gasteiger partial charge in [-0.2, -0.15) is 0 Å². The molecule has 0 amide bonds. The van der Waals surface area contributed by atoms with Gasteiger partial charge in [0, 0.05) is 25.7 Å². The Hall–Kier alpha value is -0.600. The maximum absolute atomic E-state index is 2.99. The molecule has 3 saturated heterocycles. The van der Waals surface area contributed by atoms with Crippen LogP contribution in [-0.4, -0.2) is 48.6 Å². The number of nitrogens with zero attached hydrogens (tertiary/aromatic N) is 2. The van der Waals surface area contributed by atoms with Gasteiger partial charge in [0.25, 0.3) is 0 Å². The molecular weight excluding hydrogens is 364 g/mol. The topological polar surface area (TPSA) is 6.48 Å². The molecule has 2 heteroatoms. The van der Waals surface area contributed by atoms with E-state index in [-0.39, 0.29) is 0 Å². The molecule has 4 heterocycles. The first kappa shape index (κ1) is 21.3. The van der Waals surface area contributed by atoms with Crippen molar-refractivity contribution >= 4 is 0 Å². The Labute approximate surface area is 186 Å². The van der Waals surface area contributed by atoms with E-state index in [0.29, 0.717) is 5.41 Å². The molecule has 168 valence electrons. The second-order valence-electron chi connectivity index (χ2n) is 11.5. The minimum atomic E-state index is 0.595. The normalized spacial score (nSPS) is 44.2. The van der Waals surface area contributed by atoms with Gasteiger partial charge in [-0.25, -0.2) is 0 Å². The SMILES string of the molecule is C1=C\CCCCN2CC34CCCCCCCCCCN(C[C@H]5C/C(=C/C/1)[C@H]2C[C@H]53)C4. The highest BCUT2D eigenvalue weighted by atomic mass is 15.2. The van der Waals surface area contributed by atoms with Crippen molar-refractivity contribution in [2.45, 2.75) is 102 Å². The lowest BCUT2D eigenvalue weighted by atomic mass is 9.54. The maximum Gasteiger partial charge on any atom is 0.0310 e. The Kier molecular flexibility index (Phi) is 7.02. The molecule has 1 saturated carbocycles. The molecule has 5 rings (SSSR count). The first-order chi connectivity index (χ1) is 14.8. The van der Waals surface area contributed by atoms with Crippen molar-refractivity contribution in [2.24, 2.45) is 17.3 Å². The van der Waals surface area contributed by atoms with Gasteiger partial charge in [0.1, 0.15) is 0 Å². The Bertz CT molecular complexity index is 622. The molecule has 30 heavy (non-hydrogen) atoms. The van der Waals surface area contributed by atoms with E-state index in [1.165, 1.54) is 129 Å². The van der Waals surface area contributed by atoms with Gasteiger partial charge in [-0.05, 0) is 81.7 Å². The van der Waals surface area contributed by atoms with Crippen LogP contribution in [0.4, 0.5) is 0 Å². The monoisotopic (exact) mass is 410 g/mol. The molecule has 4 bridgehead atoms. The molecule has 4 aliphatic heterocycles. The van der Waals surface area contributed by atoms with Gasteiger partial charge in [0.15, 0.2) is 0 Å². The first-order valence-electron chi connectivity index (χ1n) is 13.6. The van der Waals surface area contributed by atoms with Gasteiger partial charge >= 0.3 is 0 Å². The van der Waals surface area contributed by atoms with Gasteiger partial charge in [-0.15, -0.1) is 0 Å². The zero-order valence-corrected chi connectivity index (χ0v) is 19.5. The second-order valence-corrected chi connectivity index (χ2v) is 11.5. The van der Waals surface area contributed by atoms with Crippen LogP contribution in [0.1, 0.15) is 96.3 Å². The lowest BCUT2D eigenvalue weighted by Crippen LogP contribution is -2.66. The van der Waals surface area contributed by atoms with E-state index in [9.17, 15) is 0 Å². The predicted molar refractivity (Wildman–Crippen MR) is 128 cm³/mol. The van der Waals surface area contributed by atoms with Gasteiger partial charge in [-0.1, -0.05) is 68.7 Å². The summed E-state index contributed by atoms with van der Waals surface area (Å²) in [7, 11) is 0. The zero-order valence-electron chi connectivity index (χ0n) is 19.5. The Balaban J connectivity index is 1.42. The Morgan fingerprint density at radius 3 is 2.50 bits per heavy atom. The third-order valence-electron chi connectivity index (χ3n) is 9.40. The minimum Gasteiger partial charge on any atom is -0.302 e. The highest BCUT2D eigenvalue weighted by Gasteiger charge is 2.55. The highest BCUT2D eigenvalue weighted by molar-refractivity contribution is 5.23. The molecule has 0 aromatic heterocycles. The third kappa shape index (κ3) is 4.60. The summed E-state index contributed by atoms with van der Waals surface area (Å²) >= 11 is 0. The molecule has 1 aliphatic carbocycles. The van der Waals surface area contributed by atoms with Crippen LogP contribution in [0, 0.1) is 17.3 Å². The Morgan fingerprint density at radius 1 is 0.800 bits per heavy atom. The molecule has 1 spiro atoms.